The summed E-state index contributed by atoms with van der Waals surface area (Å²) in [4.78, 5) is 26.2. The first kappa shape index (κ1) is 18.9. The van der Waals surface area contributed by atoms with Gasteiger partial charge in [-0.3, -0.25) is 9.59 Å². The molecule has 0 saturated carbocycles. The molecule has 6 nitrogen and oxygen atoms in total. The molecule has 1 saturated heterocycles. The van der Waals surface area contributed by atoms with Crippen LogP contribution in [-0.2, 0) is 17.8 Å². The Balaban J connectivity index is 1.30. The van der Waals surface area contributed by atoms with Crippen LogP contribution >= 0.6 is 0 Å². The third-order valence-electron chi connectivity index (χ3n) is 5.09. The number of carbonyl (C=O) groups excluding carboxylic acids is 2. The normalized spacial score (nSPS) is 13.7. The van der Waals surface area contributed by atoms with Gasteiger partial charge < -0.3 is 10.2 Å². The first-order chi connectivity index (χ1) is 14.2. The Bertz CT molecular complexity index is 997. The zero-order valence-corrected chi connectivity index (χ0v) is 16.3. The van der Waals surface area contributed by atoms with Crippen LogP contribution in [0.15, 0.2) is 67.0 Å². The smallest absolute Gasteiger partial charge is 0.251 e. The zero-order valence-electron chi connectivity index (χ0n) is 16.3. The van der Waals surface area contributed by atoms with Crippen LogP contribution in [0.2, 0.25) is 0 Å². The van der Waals surface area contributed by atoms with Gasteiger partial charge in [-0.05, 0) is 48.2 Å². The highest BCUT2D eigenvalue weighted by atomic mass is 16.2. The molecule has 0 spiro atoms. The predicted octanol–water partition coefficient (Wildman–Crippen LogP) is 2.97. The van der Waals surface area contributed by atoms with Gasteiger partial charge in [0.25, 0.3) is 5.91 Å². The van der Waals surface area contributed by atoms with Crippen LogP contribution in [0.5, 0.6) is 0 Å². The molecule has 1 aromatic heterocycles. The summed E-state index contributed by atoms with van der Waals surface area (Å²) in [5.74, 6) is 0.0888. The molecule has 0 atom stereocenters. The van der Waals surface area contributed by atoms with Crippen molar-refractivity contribution in [2.75, 3.05) is 13.1 Å². The quantitative estimate of drug-likeness (QED) is 0.677. The second-order valence-electron chi connectivity index (χ2n) is 7.25. The maximum absolute atomic E-state index is 12.5. The van der Waals surface area contributed by atoms with Crippen LogP contribution < -0.4 is 5.32 Å². The van der Waals surface area contributed by atoms with E-state index in [1.165, 1.54) is 0 Å². The molecule has 6 heteroatoms. The van der Waals surface area contributed by atoms with Gasteiger partial charge in [-0.25, -0.2) is 4.68 Å². The van der Waals surface area contributed by atoms with E-state index in [9.17, 15) is 9.59 Å². The summed E-state index contributed by atoms with van der Waals surface area (Å²) >= 11 is 0. The number of nitrogens with zero attached hydrogens (tertiary/aromatic N) is 3. The van der Waals surface area contributed by atoms with Gasteiger partial charge in [-0.2, -0.15) is 5.10 Å². The number of para-hydroxylation sites is 1. The number of hydrogen-bond acceptors (Lipinski definition) is 3. The van der Waals surface area contributed by atoms with Crippen LogP contribution in [0, 0.1) is 0 Å². The van der Waals surface area contributed by atoms with Crippen LogP contribution in [0.4, 0.5) is 0 Å². The number of nitrogens with one attached hydrogen (secondary N) is 1. The molecule has 0 bridgehead atoms. The van der Waals surface area contributed by atoms with E-state index in [2.05, 4.69) is 10.4 Å². The summed E-state index contributed by atoms with van der Waals surface area (Å²) in [5.41, 5.74) is 3.68. The maximum Gasteiger partial charge on any atom is 0.251 e. The molecule has 1 aliphatic heterocycles. The number of likely N-dealkylation sites (tertiary alicyclic amines) is 1. The molecule has 0 unspecified atom stereocenters. The predicted molar refractivity (Wildman–Crippen MR) is 111 cm³/mol. The highest BCUT2D eigenvalue weighted by Gasteiger charge is 2.20. The number of carbonyl (C=O) groups is 2. The van der Waals surface area contributed by atoms with E-state index >= 15 is 0 Å². The minimum absolute atomic E-state index is 0.102. The monoisotopic (exact) mass is 388 g/mol. The molecular formula is C23H24N4O2. The van der Waals surface area contributed by atoms with Gasteiger partial charge in [0.2, 0.25) is 5.91 Å². The second kappa shape index (κ2) is 8.73. The largest absolute Gasteiger partial charge is 0.352 e. The van der Waals surface area contributed by atoms with E-state index in [1.54, 1.807) is 6.07 Å². The van der Waals surface area contributed by atoms with Crippen molar-refractivity contribution in [2.24, 2.45) is 0 Å². The van der Waals surface area contributed by atoms with Gasteiger partial charge in [0.05, 0.1) is 11.9 Å². The highest BCUT2D eigenvalue weighted by Crippen LogP contribution is 2.15. The van der Waals surface area contributed by atoms with Gasteiger partial charge in [0, 0.05) is 37.8 Å². The van der Waals surface area contributed by atoms with Crippen LogP contribution in [0.3, 0.4) is 0 Å². The number of hydrogen-bond donors (Lipinski definition) is 1. The van der Waals surface area contributed by atoms with Gasteiger partial charge >= 0.3 is 0 Å². The minimum atomic E-state index is -0.102. The molecule has 1 fully saturated rings. The van der Waals surface area contributed by atoms with Gasteiger partial charge in [0.1, 0.15) is 0 Å². The summed E-state index contributed by atoms with van der Waals surface area (Å²) in [7, 11) is 0. The van der Waals surface area contributed by atoms with Crippen molar-refractivity contribution in [1.82, 2.24) is 20.0 Å². The lowest BCUT2D eigenvalue weighted by Gasteiger charge is -2.16. The fraction of sp³-hybridized carbons (Fsp3) is 0.261. The topological polar surface area (TPSA) is 67.2 Å². The van der Waals surface area contributed by atoms with E-state index in [1.807, 2.05) is 70.5 Å². The van der Waals surface area contributed by atoms with Crippen molar-refractivity contribution in [1.29, 1.82) is 0 Å². The van der Waals surface area contributed by atoms with E-state index in [0.717, 1.165) is 29.8 Å². The summed E-state index contributed by atoms with van der Waals surface area (Å²) < 4.78 is 1.83. The molecule has 148 valence electrons. The SMILES string of the molecule is O=C(NCCc1cnn(-c2ccccc2)c1)c1cccc(CN2CCCC2=O)c1. The fourth-order valence-corrected chi connectivity index (χ4v) is 3.54. The van der Waals surface area contributed by atoms with Crippen molar-refractivity contribution in [3.63, 3.8) is 0 Å². The van der Waals surface area contributed by atoms with Crippen molar-refractivity contribution in [3.8, 4) is 5.69 Å². The van der Waals surface area contributed by atoms with Gasteiger partial charge in [-0.1, -0.05) is 30.3 Å². The third kappa shape index (κ3) is 4.71. The summed E-state index contributed by atoms with van der Waals surface area (Å²) in [5, 5.41) is 7.35. The Morgan fingerprint density at radius 1 is 1.07 bits per heavy atom. The summed E-state index contributed by atoms with van der Waals surface area (Å²) in [6, 6.07) is 17.4. The van der Waals surface area contributed by atoms with Gasteiger partial charge in [-0.15, -0.1) is 0 Å². The van der Waals surface area contributed by atoms with Crippen LogP contribution in [0.25, 0.3) is 5.69 Å². The molecule has 1 aliphatic rings. The lowest BCUT2D eigenvalue weighted by Crippen LogP contribution is -2.26. The Hall–Kier alpha value is -3.41. The number of benzene rings is 2. The molecule has 2 heterocycles. The summed E-state index contributed by atoms with van der Waals surface area (Å²) in [6.07, 6.45) is 6.06. The Morgan fingerprint density at radius 3 is 2.72 bits per heavy atom. The van der Waals surface area contributed by atoms with E-state index < -0.39 is 0 Å². The standard InChI is InChI=1S/C23H24N4O2/c28-22-10-5-13-26(22)16-18-6-4-7-20(14-18)23(29)24-12-11-19-15-25-27(17-19)21-8-2-1-3-9-21/h1-4,6-9,14-15,17H,5,10-13,16H2,(H,24,29). The Labute approximate surface area is 170 Å². The van der Waals surface area contributed by atoms with Crippen molar-refractivity contribution >= 4 is 11.8 Å². The molecule has 2 aromatic carbocycles. The lowest BCUT2D eigenvalue weighted by molar-refractivity contribution is -0.128. The van der Waals surface area contributed by atoms with Crippen molar-refractivity contribution < 1.29 is 9.59 Å². The Morgan fingerprint density at radius 2 is 1.93 bits per heavy atom. The average molecular weight is 388 g/mol. The fourth-order valence-electron chi connectivity index (χ4n) is 3.54. The highest BCUT2D eigenvalue weighted by molar-refractivity contribution is 5.94. The molecule has 0 aliphatic carbocycles. The molecular weight excluding hydrogens is 364 g/mol. The van der Waals surface area contributed by atoms with Crippen molar-refractivity contribution in [2.45, 2.75) is 25.8 Å². The molecule has 3 aromatic rings. The molecule has 2 amide bonds. The molecule has 29 heavy (non-hydrogen) atoms. The van der Waals surface area contributed by atoms with Crippen LogP contribution in [-0.4, -0.2) is 39.6 Å². The zero-order chi connectivity index (χ0) is 20.1. The van der Waals surface area contributed by atoms with E-state index in [0.29, 0.717) is 31.5 Å². The lowest BCUT2D eigenvalue weighted by atomic mass is 10.1. The van der Waals surface area contributed by atoms with Crippen LogP contribution in [0.1, 0.15) is 34.3 Å². The van der Waals surface area contributed by atoms with Gasteiger partial charge in [0.15, 0.2) is 0 Å². The molecule has 4 rings (SSSR count). The molecule has 1 N–H and O–H groups in total. The summed E-state index contributed by atoms with van der Waals surface area (Å²) in [6.45, 7) is 1.90. The third-order valence-corrected chi connectivity index (χ3v) is 5.09. The average Bonchev–Trinajstić information content (AvgIpc) is 3.38. The second-order valence-corrected chi connectivity index (χ2v) is 7.25. The first-order valence-corrected chi connectivity index (χ1v) is 9.93. The van der Waals surface area contributed by atoms with E-state index in [-0.39, 0.29) is 11.8 Å². The Kier molecular flexibility index (Phi) is 5.70. The maximum atomic E-state index is 12.5. The number of amides is 2. The first-order valence-electron chi connectivity index (χ1n) is 9.93. The van der Waals surface area contributed by atoms with Crippen molar-refractivity contribution in [3.05, 3.63) is 83.7 Å². The van der Waals surface area contributed by atoms with E-state index in [4.69, 9.17) is 0 Å². The number of rotatable bonds is 7. The molecule has 0 radical (unpaired) electrons. The minimum Gasteiger partial charge on any atom is -0.352 e. The number of aromatic nitrogens is 2.